The lowest BCUT2D eigenvalue weighted by molar-refractivity contribution is 0.602. The van der Waals surface area contributed by atoms with E-state index in [9.17, 15) is 8.42 Å². The second-order valence-corrected chi connectivity index (χ2v) is 8.50. The molecule has 0 bridgehead atoms. The van der Waals surface area contributed by atoms with Gasteiger partial charge in [0.1, 0.15) is 0 Å². The molecule has 0 radical (unpaired) electrons. The van der Waals surface area contributed by atoms with Crippen molar-refractivity contribution in [2.75, 3.05) is 28.3 Å². The Balaban J connectivity index is 1.58. The molecule has 1 N–H and O–H groups in total. The number of rotatable bonds is 3. The molecule has 3 heterocycles. The van der Waals surface area contributed by atoms with Crippen LogP contribution in [-0.2, 0) is 16.3 Å². The van der Waals surface area contributed by atoms with Gasteiger partial charge in [0.25, 0.3) is 5.95 Å². The Morgan fingerprint density at radius 3 is 2.96 bits per heavy atom. The van der Waals surface area contributed by atoms with Crippen molar-refractivity contribution in [3.8, 4) is 0 Å². The summed E-state index contributed by atoms with van der Waals surface area (Å²) < 4.78 is 23.2. The van der Waals surface area contributed by atoms with Crippen molar-refractivity contribution < 1.29 is 8.42 Å². The Kier molecular flexibility index (Phi) is 3.84. The predicted molar refractivity (Wildman–Crippen MR) is 92.3 cm³/mol. The second kappa shape index (κ2) is 6.01. The first-order valence-electron chi connectivity index (χ1n) is 8.13. The summed E-state index contributed by atoms with van der Waals surface area (Å²) in [6, 6.07) is 8.14. The maximum Gasteiger partial charge on any atom is 0.251 e. The van der Waals surface area contributed by atoms with E-state index in [0.717, 1.165) is 25.1 Å². The van der Waals surface area contributed by atoms with E-state index in [2.05, 4.69) is 37.5 Å². The molecule has 126 valence electrons. The molecule has 0 saturated carbocycles. The standard InChI is InChI=1S/C16H19N5O2S/c22-24(23)9-7-13(11-24)18-15-10-17-20-16(19-15)21-8-3-5-12-4-1-2-6-14(12)21/h1-2,4,6,10,13H,3,5,7-9,11H2,(H,18,19,20). The summed E-state index contributed by atoms with van der Waals surface area (Å²) in [5.74, 6) is 1.51. The highest BCUT2D eigenvalue weighted by Crippen LogP contribution is 2.31. The first-order valence-corrected chi connectivity index (χ1v) is 9.95. The van der Waals surface area contributed by atoms with E-state index in [1.54, 1.807) is 6.20 Å². The van der Waals surface area contributed by atoms with Crippen LogP contribution in [0.5, 0.6) is 0 Å². The summed E-state index contributed by atoms with van der Waals surface area (Å²) in [5.41, 5.74) is 2.40. The molecule has 1 atom stereocenters. The summed E-state index contributed by atoms with van der Waals surface area (Å²) in [4.78, 5) is 6.62. The van der Waals surface area contributed by atoms with E-state index in [1.807, 2.05) is 12.1 Å². The number of sulfone groups is 1. The summed E-state index contributed by atoms with van der Waals surface area (Å²) in [7, 11) is -2.92. The molecule has 1 saturated heterocycles. The molecule has 1 unspecified atom stereocenters. The molecular formula is C16H19N5O2S. The van der Waals surface area contributed by atoms with E-state index in [-0.39, 0.29) is 17.5 Å². The maximum absolute atomic E-state index is 11.6. The molecule has 8 heteroatoms. The first kappa shape index (κ1) is 15.3. The number of hydrogen-bond acceptors (Lipinski definition) is 7. The summed E-state index contributed by atoms with van der Waals surface area (Å²) in [6.07, 6.45) is 4.25. The highest BCUT2D eigenvalue weighted by molar-refractivity contribution is 7.91. The van der Waals surface area contributed by atoms with Gasteiger partial charge in [0.2, 0.25) is 0 Å². The number of nitrogens with one attached hydrogen (secondary N) is 1. The van der Waals surface area contributed by atoms with Crippen LogP contribution in [0.4, 0.5) is 17.5 Å². The quantitative estimate of drug-likeness (QED) is 0.903. The van der Waals surface area contributed by atoms with Crippen LogP contribution >= 0.6 is 0 Å². The molecule has 0 spiro atoms. The highest BCUT2D eigenvalue weighted by atomic mass is 32.2. The van der Waals surface area contributed by atoms with Gasteiger partial charge in [-0.25, -0.2) is 8.42 Å². The maximum atomic E-state index is 11.6. The van der Waals surface area contributed by atoms with Gasteiger partial charge in [-0.05, 0) is 30.9 Å². The van der Waals surface area contributed by atoms with E-state index in [4.69, 9.17) is 0 Å². The fourth-order valence-corrected chi connectivity index (χ4v) is 5.01. The molecule has 0 aliphatic carbocycles. The summed E-state index contributed by atoms with van der Waals surface area (Å²) in [6.45, 7) is 0.847. The molecule has 2 aliphatic heterocycles. The smallest absolute Gasteiger partial charge is 0.251 e. The molecule has 1 fully saturated rings. The number of para-hydroxylation sites is 1. The zero-order valence-corrected chi connectivity index (χ0v) is 14.0. The van der Waals surface area contributed by atoms with Gasteiger partial charge < -0.3 is 10.2 Å². The number of anilines is 3. The number of benzene rings is 1. The molecule has 7 nitrogen and oxygen atoms in total. The number of hydrogen-bond donors (Lipinski definition) is 1. The lowest BCUT2D eigenvalue weighted by Gasteiger charge is -2.29. The number of aromatic nitrogens is 3. The van der Waals surface area contributed by atoms with Crippen LogP contribution in [0.15, 0.2) is 30.5 Å². The number of nitrogens with zero attached hydrogens (tertiary/aromatic N) is 4. The van der Waals surface area contributed by atoms with Crippen LogP contribution in [0.2, 0.25) is 0 Å². The minimum absolute atomic E-state index is 0.104. The second-order valence-electron chi connectivity index (χ2n) is 6.27. The van der Waals surface area contributed by atoms with Gasteiger partial charge >= 0.3 is 0 Å². The van der Waals surface area contributed by atoms with Crippen molar-refractivity contribution in [3.05, 3.63) is 36.0 Å². The van der Waals surface area contributed by atoms with Gasteiger partial charge in [-0.3, -0.25) is 0 Å². The monoisotopic (exact) mass is 345 g/mol. The molecule has 2 aromatic rings. The van der Waals surface area contributed by atoms with Gasteiger partial charge in [-0.2, -0.15) is 10.1 Å². The van der Waals surface area contributed by atoms with E-state index >= 15 is 0 Å². The first-order chi connectivity index (χ1) is 11.6. The molecule has 4 rings (SSSR count). The Hall–Kier alpha value is -2.22. The van der Waals surface area contributed by atoms with Gasteiger partial charge in [0, 0.05) is 18.3 Å². The molecule has 0 amide bonds. The van der Waals surface area contributed by atoms with Gasteiger partial charge in [0.05, 0.1) is 17.7 Å². The van der Waals surface area contributed by atoms with Crippen molar-refractivity contribution in [2.45, 2.75) is 25.3 Å². The molecule has 1 aromatic carbocycles. The number of fused-ring (bicyclic) bond motifs is 1. The summed E-state index contributed by atoms with van der Waals surface area (Å²) >= 11 is 0. The lowest BCUT2D eigenvalue weighted by atomic mass is 10.0. The number of aryl methyl sites for hydroxylation is 1. The van der Waals surface area contributed by atoms with Crippen LogP contribution in [0, 0.1) is 0 Å². The molecular weight excluding hydrogens is 326 g/mol. The third-order valence-corrected chi connectivity index (χ3v) is 6.25. The van der Waals surface area contributed by atoms with Crippen LogP contribution in [-0.4, -0.2) is 47.7 Å². The van der Waals surface area contributed by atoms with E-state index < -0.39 is 9.84 Å². The van der Waals surface area contributed by atoms with Crippen molar-refractivity contribution in [1.29, 1.82) is 0 Å². The normalized spacial score (nSPS) is 22.2. The zero-order chi connectivity index (χ0) is 16.6. The Morgan fingerprint density at radius 2 is 2.12 bits per heavy atom. The topological polar surface area (TPSA) is 88.1 Å². The van der Waals surface area contributed by atoms with Crippen molar-refractivity contribution in [3.63, 3.8) is 0 Å². The summed E-state index contributed by atoms with van der Waals surface area (Å²) in [5, 5.41) is 11.4. The predicted octanol–water partition coefficient (Wildman–Crippen LogP) is 1.55. The molecule has 1 aromatic heterocycles. The van der Waals surface area contributed by atoms with Crippen molar-refractivity contribution in [2.24, 2.45) is 0 Å². The largest absolute Gasteiger partial charge is 0.365 e. The van der Waals surface area contributed by atoms with Crippen molar-refractivity contribution in [1.82, 2.24) is 15.2 Å². The fraction of sp³-hybridized carbons (Fsp3) is 0.438. The average molecular weight is 345 g/mol. The van der Waals surface area contributed by atoms with Crippen LogP contribution < -0.4 is 10.2 Å². The Morgan fingerprint density at radius 1 is 1.25 bits per heavy atom. The van der Waals surface area contributed by atoms with Gasteiger partial charge in [0.15, 0.2) is 15.7 Å². The van der Waals surface area contributed by atoms with E-state index in [0.29, 0.717) is 18.2 Å². The van der Waals surface area contributed by atoms with Crippen molar-refractivity contribution >= 4 is 27.3 Å². The van der Waals surface area contributed by atoms with Crippen LogP contribution in [0.1, 0.15) is 18.4 Å². The fourth-order valence-electron chi connectivity index (χ4n) is 3.34. The lowest BCUT2D eigenvalue weighted by Crippen LogP contribution is -2.27. The third-order valence-electron chi connectivity index (χ3n) is 4.48. The third kappa shape index (κ3) is 3.06. The van der Waals surface area contributed by atoms with Gasteiger partial charge in [-0.1, -0.05) is 18.2 Å². The Bertz CT molecular complexity index is 855. The highest BCUT2D eigenvalue weighted by Gasteiger charge is 2.28. The SMILES string of the molecule is O=S1(=O)CCC(Nc2cnnc(N3CCCc4ccccc43)n2)C1. The molecule has 2 aliphatic rings. The van der Waals surface area contributed by atoms with E-state index in [1.165, 1.54) is 5.56 Å². The minimum atomic E-state index is -2.92. The molecule has 24 heavy (non-hydrogen) atoms. The van der Waals surface area contributed by atoms with Crippen LogP contribution in [0.3, 0.4) is 0 Å². The average Bonchev–Trinajstić information content (AvgIpc) is 2.93. The zero-order valence-electron chi connectivity index (χ0n) is 13.2. The van der Waals surface area contributed by atoms with Gasteiger partial charge in [-0.15, -0.1) is 5.10 Å². The minimum Gasteiger partial charge on any atom is -0.365 e. The Labute approximate surface area is 141 Å². The van der Waals surface area contributed by atoms with Crippen LogP contribution in [0.25, 0.3) is 0 Å².